The van der Waals surface area contributed by atoms with Gasteiger partial charge in [0.1, 0.15) is 17.3 Å². The Balaban J connectivity index is 1.22. The molecule has 7 nitrogen and oxygen atoms in total. The molecule has 1 aliphatic heterocycles. The Morgan fingerprint density at radius 1 is 1.00 bits per heavy atom. The highest BCUT2D eigenvalue weighted by Crippen LogP contribution is 2.43. The van der Waals surface area contributed by atoms with E-state index in [0.717, 1.165) is 45.0 Å². The van der Waals surface area contributed by atoms with Crippen molar-refractivity contribution in [2.75, 3.05) is 18.4 Å². The number of aryl methyl sites for hydroxylation is 1. The first-order valence-corrected chi connectivity index (χ1v) is 12.6. The van der Waals surface area contributed by atoms with Gasteiger partial charge >= 0.3 is 0 Å². The predicted octanol–water partition coefficient (Wildman–Crippen LogP) is 5.81. The van der Waals surface area contributed by atoms with Gasteiger partial charge in [-0.3, -0.25) is 4.79 Å². The quantitative estimate of drug-likeness (QED) is 0.275. The molecule has 0 bridgehead atoms. The van der Waals surface area contributed by atoms with Gasteiger partial charge in [0, 0.05) is 41.4 Å². The molecule has 188 valence electrons. The molecule has 0 atom stereocenters. The summed E-state index contributed by atoms with van der Waals surface area (Å²) in [7, 11) is 0. The first-order chi connectivity index (χ1) is 18.6. The lowest BCUT2D eigenvalue weighted by Crippen LogP contribution is -2.34. The molecule has 2 N–H and O–H groups in total. The topological polar surface area (TPSA) is 80.5 Å². The van der Waals surface area contributed by atoms with Crippen molar-refractivity contribution in [1.29, 1.82) is 0 Å². The third-order valence-electron chi connectivity index (χ3n) is 6.81. The van der Waals surface area contributed by atoms with E-state index < -0.39 is 5.92 Å². The minimum atomic E-state index is -0.433. The molecule has 2 aromatic heterocycles. The second-order valence-electron chi connectivity index (χ2n) is 9.21. The van der Waals surface area contributed by atoms with Gasteiger partial charge in [0.05, 0.1) is 17.8 Å². The molecule has 6 rings (SSSR count). The molecular formula is C31H27N5O2. The van der Waals surface area contributed by atoms with Crippen molar-refractivity contribution in [2.45, 2.75) is 12.8 Å². The van der Waals surface area contributed by atoms with Crippen LogP contribution in [0.15, 0.2) is 91.6 Å². The molecule has 0 unspecified atom stereocenters. The van der Waals surface area contributed by atoms with Gasteiger partial charge in [-0.15, -0.1) is 0 Å². The SMILES string of the molecule is C=Cc1cnn2c(NCCNC(=O)C3c4ccccc4Oc4ccccc43)cc(-c3ccccc3C)nc12. The number of aromatic nitrogens is 3. The zero-order valence-corrected chi connectivity index (χ0v) is 21.0. The van der Waals surface area contributed by atoms with E-state index in [2.05, 4.69) is 41.4 Å². The van der Waals surface area contributed by atoms with Gasteiger partial charge in [0.25, 0.3) is 0 Å². The highest BCUT2D eigenvalue weighted by Gasteiger charge is 2.32. The van der Waals surface area contributed by atoms with Crippen LogP contribution < -0.4 is 15.4 Å². The minimum absolute atomic E-state index is 0.0662. The highest BCUT2D eigenvalue weighted by atomic mass is 16.5. The van der Waals surface area contributed by atoms with Gasteiger partial charge in [0.2, 0.25) is 5.91 Å². The summed E-state index contributed by atoms with van der Waals surface area (Å²) in [5.74, 6) is 1.71. The first-order valence-electron chi connectivity index (χ1n) is 12.6. The van der Waals surface area contributed by atoms with Crippen molar-refractivity contribution in [2.24, 2.45) is 0 Å². The molecule has 3 aromatic carbocycles. The monoisotopic (exact) mass is 501 g/mol. The smallest absolute Gasteiger partial charge is 0.232 e. The summed E-state index contributed by atoms with van der Waals surface area (Å²) in [5, 5.41) is 11.0. The van der Waals surface area contributed by atoms with E-state index >= 15 is 0 Å². The van der Waals surface area contributed by atoms with E-state index in [1.54, 1.807) is 16.8 Å². The fraction of sp³-hybridized carbons (Fsp3) is 0.129. The largest absolute Gasteiger partial charge is 0.457 e. The van der Waals surface area contributed by atoms with E-state index in [1.807, 2.05) is 66.7 Å². The number of nitrogens with one attached hydrogen (secondary N) is 2. The molecule has 38 heavy (non-hydrogen) atoms. The van der Waals surface area contributed by atoms with E-state index in [1.165, 1.54) is 0 Å². The molecule has 0 spiro atoms. The number of fused-ring (bicyclic) bond motifs is 3. The van der Waals surface area contributed by atoms with Crippen molar-refractivity contribution in [1.82, 2.24) is 19.9 Å². The normalized spacial score (nSPS) is 12.3. The average Bonchev–Trinajstić information content (AvgIpc) is 3.37. The van der Waals surface area contributed by atoms with E-state index in [0.29, 0.717) is 24.6 Å². The standard InChI is InChI=1S/C31H27N5O2/c1-3-21-19-34-36-28(18-25(35-30(21)36)22-11-5-4-10-20(22)2)32-16-17-33-31(37)29-23-12-6-8-14-26(23)38-27-15-9-7-13-24(27)29/h3-15,18-19,29,32H,1,16-17H2,2H3,(H,33,37). The Hall–Kier alpha value is -4.91. The van der Waals surface area contributed by atoms with Crippen molar-refractivity contribution in [3.8, 4) is 22.8 Å². The minimum Gasteiger partial charge on any atom is -0.457 e. The lowest BCUT2D eigenvalue weighted by atomic mass is 9.87. The number of nitrogens with zero attached hydrogens (tertiary/aromatic N) is 3. The maximum absolute atomic E-state index is 13.4. The zero-order valence-electron chi connectivity index (χ0n) is 21.0. The van der Waals surface area contributed by atoms with Gasteiger partial charge in [0.15, 0.2) is 5.65 Å². The molecular weight excluding hydrogens is 474 g/mol. The third kappa shape index (κ3) is 4.18. The maximum Gasteiger partial charge on any atom is 0.232 e. The molecule has 0 fully saturated rings. The number of hydrogen-bond acceptors (Lipinski definition) is 5. The highest BCUT2D eigenvalue weighted by molar-refractivity contribution is 5.89. The summed E-state index contributed by atoms with van der Waals surface area (Å²) in [6.07, 6.45) is 3.51. The van der Waals surface area contributed by atoms with Gasteiger partial charge in [-0.05, 0) is 24.6 Å². The number of para-hydroxylation sites is 2. The van der Waals surface area contributed by atoms with Gasteiger partial charge < -0.3 is 15.4 Å². The molecule has 1 aliphatic rings. The van der Waals surface area contributed by atoms with Crippen LogP contribution >= 0.6 is 0 Å². The van der Waals surface area contributed by atoms with Crippen molar-refractivity contribution in [3.05, 3.63) is 114 Å². The number of benzene rings is 3. The molecule has 0 saturated carbocycles. The Morgan fingerprint density at radius 3 is 2.39 bits per heavy atom. The van der Waals surface area contributed by atoms with E-state index in [-0.39, 0.29) is 5.91 Å². The summed E-state index contributed by atoms with van der Waals surface area (Å²) >= 11 is 0. The number of ether oxygens (including phenoxy) is 1. The number of hydrogen-bond donors (Lipinski definition) is 2. The molecule has 7 heteroatoms. The zero-order chi connectivity index (χ0) is 26.1. The van der Waals surface area contributed by atoms with Crippen LogP contribution in [0.3, 0.4) is 0 Å². The van der Waals surface area contributed by atoms with Crippen molar-refractivity contribution < 1.29 is 9.53 Å². The maximum atomic E-state index is 13.4. The van der Waals surface area contributed by atoms with Crippen LogP contribution in [-0.4, -0.2) is 33.6 Å². The second kappa shape index (κ2) is 9.86. The Bertz CT molecular complexity index is 1630. The number of anilines is 1. The fourth-order valence-corrected chi connectivity index (χ4v) is 4.92. The van der Waals surface area contributed by atoms with Gasteiger partial charge in [-0.1, -0.05) is 73.3 Å². The van der Waals surface area contributed by atoms with Gasteiger partial charge in [-0.2, -0.15) is 9.61 Å². The molecule has 5 aromatic rings. The predicted molar refractivity (Wildman–Crippen MR) is 150 cm³/mol. The Kier molecular flexibility index (Phi) is 6.09. The van der Waals surface area contributed by atoms with Crippen LogP contribution in [0.1, 0.15) is 28.2 Å². The molecule has 0 saturated heterocycles. The number of carbonyl (C=O) groups is 1. The number of carbonyl (C=O) groups excluding carboxylic acids is 1. The van der Waals surface area contributed by atoms with Crippen LogP contribution in [0.5, 0.6) is 11.5 Å². The number of rotatable bonds is 7. The van der Waals surface area contributed by atoms with Gasteiger partial charge in [-0.25, -0.2) is 4.98 Å². The summed E-state index contributed by atoms with van der Waals surface area (Å²) in [5.41, 5.74) is 6.35. The summed E-state index contributed by atoms with van der Waals surface area (Å²) in [6.45, 7) is 6.91. The Morgan fingerprint density at radius 2 is 1.68 bits per heavy atom. The Labute approximate surface area is 220 Å². The third-order valence-corrected chi connectivity index (χ3v) is 6.81. The first kappa shape index (κ1) is 23.5. The van der Waals surface area contributed by atoms with Crippen molar-refractivity contribution in [3.63, 3.8) is 0 Å². The van der Waals surface area contributed by atoms with E-state index in [4.69, 9.17) is 9.72 Å². The molecule has 3 heterocycles. The lowest BCUT2D eigenvalue weighted by Gasteiger charge is -2.27. The van der Waals surface area contributed by atoms with Crippen LogP contribution in [-0.2, 0) is 4.79 Å². The molecule has 0 aliphatic carbocycles. The summed E-state index contributed by atoms with van der Waals surface area (Å²) in [4.78, 5) is 18.3. The van der Waals surface area contributed by atoms with Crippen molar-refractivity contribution >= 4 is 23.4 Å². The number of amides is 1. The fourth-order valence-electron chi connectivity index (χ4n) is 4.92. The average molecular weight is 502 g/mol. The van der Waals surface area contributed by atoms with Crippen LogP contribution in [0.25, 0.3) is 23.0 Å². The molecule has 1 amide bonds. The van der Waals surface area contributed by atoms with Crippen LogP contribution in [0, 0.1) is 6.92 Å². The summed E-state index contributed by atoms with van der Waals surface area (Å²) in [6, 6.07) is 25.5. The van der Waals surface area contributed by atoms with E-state index in [9.17, 15) is 4.79 Å². The summed E-state index contributed by atoms with van der Waals surface area (Å²) < 4.78 is 7.80. The van der Waals surface area contributed by atoms with Crippen LogP contribution in [0.4, 0.5) is 5.82 Å². The molecule has 0 radical (unpaired) electrons. The lowest BCUT2D eigenvalue weighted by molar-refractivity contribution is -0.121. The second-order valence-corrected chi connectivity index (χ2v) is 9.21. The van der Waals surface area contributed by atoms with Crippen LogP contribution in [0.2, 0.25) is 0 Å².